The first-order valence-corrected chi connectivity index (χ1v) is 5.68. The average Bonchev–Trinajstić information content (AvgIpc) is 3.08. The highest BCUT2D eigenvalue weighted by Crippen LogP contribution is 2.33. The molecule has 2 rings (SSSR count). The maximum Gasteiger partial charge on any atom is 0.252 e. The van der Waals surface area contributed by atoms with Gasteiger partial charge in [-0.3, -0.25) is 9.78 Å². The summed E-state index contributed by atoms with van der Waals surface area (Å²) in [5.41, 5.74) is 0.409. The van der Waals surface area contributed by atoms with Crippen LogP contribution in [0.2, 0.25) is 0 Å². The predicted molar refractivity (Wildman–Crippen MR) is 60.2 cm³/mol. The highest BCUT2D eigenvalue weighted by atomic mass is 16.3. The van der Waals surface area contributed by atoms with Gasteiger partial charge >= 0.3 is 0 Å². The lowest BCUT2D eigenvalue weighted by atomic mass is 10.2. The molecule has 16 heavy (non-hydrogen) atoms. The van der Waals surface area contributed by atoms with Crippen LogP contribution in [0, 0.1) is 5.92 Å². The van der Waals surface area contributed by atoms with Crippen molar-refractivity contribution >= 4 is 5.91 Å². The minimum atomic E-state index is -0.167. The van der Waals surface area contributed by atoms with E-state index in [1.165, 1.54) is 37.7 Å². The first-order valence-electron chi connectivity index (χ1n) is 5.68. The Kier molecular flexibility index (Phi) is 3.39. The molecule has 0 atom stereocenters. The zero-order chi connectivity index (χ0) is 11.4. The summed E-state index contributed by atoms with van der Waals surface area (Å²) in [5.74, 6) is 0.754. The van der Waals surface area contributed by atoms with E-state index in [1.54, 1.807) is 0 Å². The summed E-state index contributed by atoms with van der Waals surface area (Å²) < 4.78 is 0. The average molecular weight is 220 g/mol. The monoisotopic (exact) mass is 220 g/mol. The second kappa shape index (κ2) is 4.96. The van der Waals surface area contributed by atoms with Gasteiger partial charge in [0.1, 0.15) is 5.75 Å². The molecule has 4 nitrogen and oxygen atoms in total. The molecule has 1 amide bonds. The van der Waals surface area contributed by atoms with Gasteiger partial charge in [0.15, 0.2) is 0 Å². The van der Waals surface area contributed by atoms with E-state index in [0.29, 0.717) is 12.1 Å². The number of amides is 1. The van der Waals surface area contributed by atoms with E-state index >= 15 is 0 Å². The number of carbonyl (C=O) groups is 1. The molecule has 1 saturated carbocycles. The van der Waals surface area contributed by atoms with Crippen LogP contribution in [0.3, 0.4) is 0 Å². The topological polar surface area (TPSA) is 62.2 Å². The van der Waals surface area contributed by atoms with Crippen molar-refractivity contribution in [3.63, 3.8) is 0 Å². The van der Waals surface area contributed by atoms with Crippen LogP contribution < -0.4 is 5.32 Å². The van der Waals surface area contributed by atoms with Crippen LogP contribution in [-0.4, -0.2) is 22.5 Å². The molecule has 0 aromatic carbocycles. The van der Waals surface area contributed by atoms with Crippen molar-refractivity contribution in [1.29, 1.82) is 0 Å². The lowest BCUT2D eigenvalue weighted by molar-refractivity contribution is 0.0952. The van der Waals surface area contributed by atoms with Crippen LogP contribution in [0.5, 0.6) is 5.75 Å². The fourth-order valence-corrected chi connectivity index (χ4v) is 1.65. The Morgan fingerprint density at radius 2 is 2.31 bits per heavy atom. The van der Waals surface area contributed by atoms with E-state index in [9.17, 15) is 9.90 Å². The number of pyridine rings is 1. The minimum Gasteiger partial charge on any atom is -0.506 e. The van der Waals surface area contributed by atoms with E-state index in [1.807, 2.05) is 0 Å². The van der Waals surface area contributed by atoms with Gasteiger partial charge in [-0.05, 0) is 24.8 Å². The van der Waals surface area contributed by atoms with E-state index in [2.05, 4.69) is 10.3 Å². The van der Waals surface area contributed by atoms with E-state index in [-0.39, 0.29) is 11.7 Å². The number of carbonyl (C=O) groups excluding carboxylic acids is 1. The number of hydrogen-bond donors (Lipinski definition) is 2. The molecule has 1 heterocycles. The van der Waals surface area contributed by atoms with Crippen molar-refractivity contribution in [2.24, 2.45) is 5.92 Å². The number of nitrogens with one attached hydrogen (secondary N) is 1. The Labute approximate surface area is 94.7 Å². The molecule has 4 heteroatoms. The van der Waals surface area contributed by atoms with Crippen LogP contribution in [-0.2, 0) is 0 Å². The van der Waals surface area contributed by atoms with Gasteiger partial charge in [-0.25, -0.2) is 0 Å². The van der Waals surface area contributed by atoms with E-state index in [4.69, 9.17) is 0 Å². The van der Waals surface area contributed by atoms with Gasteiger partial charge in [-0.1, -0.05) is 12.8 Å². The number of nitrogens with zero attached hydrogens (tertiary/aromatic N) is 1. The van der Waals surface area contributed by atoms with Crippen molar-refractivity contribution in [1.82, 2.24) is 10.3 Å². The molecule has 86 valence electrons. The highest BCUT2D eigenvalue weighted by Gasteiger charge is 2.20. The van der Waals surface area contributed by atoms with Gasteiger partial charge < -0.3 is 10.4 Å². The second-order valence-corrected chi connectivity index (χ2v) is 4.27. The zero-order valence-electron chi connectivity index (χ0n) is 9.15. The van der Waals surface area contributed by atoms with Gasteiger partial charge in [0.05, 0.1) is 11.8 Å². The third-order valence-corrected chi connectivity index (χ3v) is 2.76. The van der Waals surface area contributed by atoms with Crippen molar-refractivity contribution in [2.75, 3.05) is 6.54 Å². The molecule has 1 aromatic heterocycles. The molecule has 0 bridgehead atoms. The smallest absolute Gasteiger partial charge is 0.252 e. The summed E-state index contributed by atoms with van der Waals surface area (Å²) in [6.07, 6.45) is 7.70. The van der Waals surface area contributed by atoms with Gasteiger partial charge in [0.25, 0.3) is 5.91 Å². The molecule has 1 aliphatic rings. The molecule has 0 radical (unpaired) electrons. The quantitative estimate of drug-likeness (QED) is 0.742. The summed E-state index contributed by atoms with van der Waals surface area (Å²) in [6.45, 7) is 0.699. The fourth-order valence-electron chi connectivity index (χ4n) is 1.65. The molecule has 1 aromatic rings. The molecule has 1 fully saturated rings. The van der Waals surface area contributed by atoms with Crippen molar-refractivity contribution < 1.29 is 9.90 Å². The fraction of sp³-hybridized carbons (Fsp3) is 0.500. The van der Waals surface area contributed by atoms with Crippen LogP contribution in [0.4, 0.5) is 0 Å². The van der Waals surface area contributed by atoms with Crippen LogP contribution >= 0.6 is 0 Å². The van der Waals surface area contributed by atoms with Gasteiger partial charge in [0, 0.05) is 12.7 Å². The largest absolute Gasteiger partial charge is 0.506 e. The Bertz CT molecular complexity index is 375. The minimum absolute atomic E-state index is 0.0191. The number of aromatic hydroxyl groups is 1. The predicted octanol–water partition coefficient (Wildman–Crippen LogP) is 1.71. The molecule has 0 spiro atoms. The zero-order valence-corrected chi connectivity index (χ0v) is 9.15. The Morgan fingerprint density at radius 1 is 1.50 bits per heavy atom. The third kappa shape index (κ3) is 3.22. The first-order chi connectivity index (χ1) is 7.75. The van der Waals surface area contributed by atoms with Crippen molar-refractivity contribution in [2.45, 2.75) is 25.7 Å². The van der Waals surface area contributed by atoms with Crippen LogP contribution in [0.25, 0.3) is 0 Å². The Balaban J connectivity index is 1.73. The maximum atomic E-state index is 11.6. The molecule has 0 saturated heterocycles. The Hall–Kier alpha value is -1.58. The van der Waals surface area contributed by atoms with Crippen molar-refractivity contribution in [3.05, 3.63) is 24.0 Å². The van der Waals surface area contributed by atoms with Gasteiger partial charge in [-0.15, -0.1) is 0 Å². The van der Waals surface area contributed by atoms with Gasteiger partial charge in [-0.2, -0.15) is 0 Å². The second-order valence-electron chi connectivity index (χ2n) is 4.27. The lowest BCUT2D eigenvalue weighted by Gasteiger charge is -2.04. The van der Waals surface area contributed by atoms with E-state index in [0.717, 1.165) is 12.3 Å². The number of rotatable bonds is 5. The first kappa shape index (κ1) is 10.9. The molecular weight excluding hydrogens is 204 g/mol. The SMILES string of the molecule is O=C(NCCCC1CC1)c1cncc(O)c1. The summed E-state index contributed by atoms with van der Waals surface area (Å²) in [6, 6.07) is 1.42. The lowest BCUT2D eigenvalue weighted by Crippen LogP contribution is -2.24. The van der Waals surface area contributed by atoms with Crippen LogP contribution in [0.1, 0.15) is 36.0 Å². The molecule has 2 N–H and O–H groups in total. The standard InChI is InChI=1S/C12H16N2O2/c15-11-6-10(7-13-8-11)12(16)14-5-1-2-9-3-4-9/h6-9,15H,1-5H2,(H,14,16). The summed E-state index contributed by atoms with van der Waals surface area (Å²) in [4.78, 5) is 15.4. The number of aromatic nitrogens is 1. The summed E-state index contributed by atoms with van der Waals surface area (Å²) >= 11 is 0. The van der Waals surface area contributed by atoms with Crippen molar-refractivity contribution in [3.8, 4) is 5.75 Å². The molecular formula is C12H16N2O2. The van der Waals surface area contributed by atoms with E-state index < -0.39 is 0 Å². The number of hydrogen-bond acceptors (Lipinski definition) is 3. The molecule has 0 unspecified atom stereocenters. The normalized spacial score (nSPS) is 14.8. The molecule has 0 aliphatic heterocycles. The maximum absolute atomic E-state index is 11.6. The highest BCUT2D eigenvalue weighted by molar-refractivity contribution is 5.94. The Morgan fingerprint density at radius 3 is 3.00 bits per heavy atom. The molecule has 1 aliphatic carbocycles. The summed E-state index contributed by atoms with van der Waals surface area (Å²) in [5, 5.41) is 12.0. The summed E-state index contributed by atoms with van der Waals surface area (Å²) in [7, 11) is 0. The van der Waals surface area contributed by atoms with Crippen LogP contribution in [0.15, 0.2) is 18.5 Å². The van der Waals surface area contributed by atoms with Gasteiger partial charge in [0.2, 0.25) is 0 Å². The third-order valence-electron chi connectivity index (χ3n) is 2.76.